The molecule has 90 valence electrons. The lowest BCUT2D eigenvalue weighted by molar-refractivity contribution is 1.04. The molecule has 0 aliphatic heterocycles. The largest absolute Gasteiger partial charge is 0.398 e. The molecule has 0 amide bonds. The minimum atomic E-state index is -0.0290. The van der Waals surface area contributed by atoms with Gasteiger partial charge in [-0.3, -0.25) is 9.36 Å². The first-order valence-electron chi connectivity index (χ1n) is 5.63. The van der Waals surface area contributed by atoms with Gasteiger partial charge in [0.25, 0.3) is 5.56 Å². The second kappa shape index (κ2) is 3.99. The van der Waals surface area contributed by atoms with Crippen LogP contribution in [0.1, 0.15) is 5.56 Å². The van der Waals surface area contributed by atoms with Crippen molar-refractivity contribution in [2.24, 2.45) is 0 Å². The van der Waals surface area contributed by atoms with Crippen LogP contribution in [0.15, 0.2) is 46.6 Å². The monoisotopic (exact) mass is 256 g/mol. The van der Waals surface area contributed by atoms with Gasteiger partial charge < -0.3 is 5.73 Å². The molecule has 0 fully saturated rings. The number of rotatable bonds is 1. The van der Waals surface area contributed by atoms with Crippen molar-refractivity contribution in [3.63, 3.8) is 0 Å². The summed E-state index contributed by atoms with van der Waals surface area (Å²) in [6, 6.07) is 11.2. The number of hydrogen-bond donors (Lipinski definition) is 1. The van der Waals surface area contributed by atoms with Crippen LogP contribution >= 0.6 is 11.3 Å². The molecule has 0 bridgehead atoms. The third-order valence-electron chi connectivity index (χ3n) is 3.01. The Morgan fingerprint density at radius 3 is 2.72 bits per heavy atom. The minimum absolute atomic E-state index is 0.0290. The van der Waals surface area contributed by atoms with Gasteiger partial charge in [0.2, 0.25) is 0 Å². The van der Waals surface area contributed by atoms with E-state index in [1.165, 1.54) is 11.3 Å². The van der Waals surface area contributed by atoms with Gasteiger partial charge in [-0.1, -0.05) is 18.2 Å². The lowest BCUT2D eigenvalue weighted by Gasteiger charge is -2.10. The molecule has 1 aromatic carbocycles. The van der Waals surface area contributed by atoms with Crippen LogP contribution in [-0.2, 0) is 0 Å². The average molecular weight is 256 g/mol. The Kier molecular flexibility index (Phi) is 2.45. The molecule has 0 saturated carbocycles. The molecule has 0 radical (unpaired) electrons. The fourth-order valence-corrected chi connectivity index (χ4v) is 3.05. The highest BCUT2D eigenvalue weighted by atomic mass is 32.1. The zero-order chi connectivity index (χ0) is 12.7. The standard InChI is InChI=1S/C14H12N2OS/c1-9-4-2-3-5-12(9)16-13(17)7-6-10-11(15)8-18-14(10)16/h2-8H,15H2,1H3. The van der Waals surface area contributed by atoms with E-state index in [4.69, 9.17) is 5.73 Å². The van der Waals surface area contributed by atoms with E-state index in [1.54, 1.807) is 16.7 Å². The Labute approximate surface area is 108 Å². The first-order chi connectivity index (χ1) is 8.68. The number of aryl methyl sites for hydroxylation is 1. The first-order valence-corrected chi connectivity index (χ1v) is 6.51. The number of pyridine rings is 1. The van der Waals surface area contributed by atoms with Crippen molar-refractivity contribution in [3.05, 3.63) is 57.7 Å². The third-order valence-corrected chi connectivity index (χ3v) is 4.01. The summed E-state index contributed by atoms with van der Waals surface area (Å²) >= 11 is 1.50. The summed E-state index contributed by atoms with van der Waals surface area (Å²) in [6.07, 6.45) is 0. The molecule has 18 heavy (non-hydrogen) atoms. The third kappa shape index (κ3) is 1.54. The highest BCUT2D eigenvalue weighted by molar-refractivity contribution is 7.17. The lowest BCUT2D eigenvalue weighted by atomic mass is 10.2. The van der Waals surface area contributed by atoms with Crippen LogP contribution in [0.25, 0.3) is 15.9 Å². The molecular formula is C14H12N2OS. The molecule has 0 spiro atoms. The number of anilines is 1. The molecule has 0 aliphatic rings. The van der Waals surface area contributed by atoms with Gasteiger partial charge >= 0.3 is 0 Å². The highest BCUT2D eigenvalue weighted by Crippen LogP contribution is 2.28. The summed E-state index contributed by atoms with van der Waals surface area (Å²) < 4.78 is 1.73. The molecule has 0 saturated heterocycles. The van der Waals surface area contributed by atoms with Crippen LogP contribution in [0, 0.1) is 6.92 Å². The number of hydrogen-bond acceptors (Lipinski definition) is 3. The van der Waals surface area contributed by atoms with E-state index in [1.807, 2.05) is 36.6 Å². The molecule has 2 N–H and O–H groups in total. The molecule has 4 heteroatoms. The Bertz CT molecular complexity index is 786. The Hall–Kier alpha value is -2.07. The quantitative estimate of drug-likeness (QED) is 0.727. The van der Waals surface area contributed by atoms with Gasteiger partial charge in [0.1, 0.15) is 4.83 Å². The molecule has 3 nitrogen and oxygen atoms in total. The molecule has 3 aromatic rings. The maximum absolute atomic E-state index is 12.1. The molecule has 2 aromatic heterocycles. The van der Waals surface area contributed by atoms with E-state index in [-0.39, 0.29) is 5.56 Å². The van der Waals surface area contributed by atoms with Gasteiger partial charge in [0, 0.05) is 16.8 Å². The zero-order valence-corrected chi connectivity index (χ0v) is 10.7. The highest BCUT2D eigenvalue weighted by Gasteiger charge is 2.10. The van der Waals surface area contributed by atoms with Crippen LogP contribution in [0.5, 0.6) is 0 Å². The number of nitrogens with zero attached hydrogens (tertiary/aromatic N) is 1. The van der Waals surface area contributed by atoms with Gasteiger partial charge in [-0.2, -0.15) is 0 Å². The number of nitrogens with two attached hydrogens (primary N) is 1. The van der Waals surface area contributed by atoms with Crippen LogP contribution in [0.3, 0.4) is 0 Å². The lowest BCUT2D eigenvalue weighted by Crippen LogP contribution is -2.17. The van der Waals surface area contributed by atoms with Crippen molar-refractivity contribution in [1.82, 2.24) is 4.57 Å². The number of benzene rings is 1. The summed E-state index contributed by atoms with van der Waals surface area (Å²) in [7, 11) is 0. The van der Waals surface area contributed by atoms with Gasteiger partial charge in [0.05, 0.1) is 11.4 Å². The van der Waals surface area contributed by atoms with Crippen molar-refractivity contribution < 1.29 is 0 Å². The Balaban J connectivity index is 2.45. The smallest absolute Gasteiger partial charge is 0.256 e. The summed E-state index contributed by atoms with van der Waals surface area (Å²) in [4.78, 5) is 13.0. The van der Waals surface area contributed by atoms with E-state index in [0.717, 1.165) is 27.2 Å². The molecule has 3 rings (SSSR count). The van der Waals surface area contributed by atoms with Crippen LogP contribution in [-0.4, -0.2) is 4.57 Å². The van der Waals surface area contributed by atoms with Crippen molar-refractivity contribution in [3.8, 4) is 5.69 Å². The van der Waals surface area contributed by atoms with Crippen molar-refractivity contribution in [2.45, 2.75) is 6.92 Å². The van der Waals surface area contributed by atoms with E-state index >= 15 is 0 Å². The summed E-state index contributed by atoms with van der Waals surface area (Å²) in [5.74, 6) is 0. The van der Waals surface area contributed by atoms with E-state index in [0.29, 0.717) is 0 Å². The SMILES string of the molecule is Cc1ccccc1-n1c(=O)ccc2c(N)csc21. The fraction of sp³-hybridized carbons (Fsp3) is 0.0714. The van der Waals surface area contributed by atoms with Crippen molar-refractivity contribution in [1.29, 1.82) is 0 Å². The molecule has 0 unspecified atom stereocenters. The number of fused-ring (bicyclic) bond motifs is 1. The number of para-hydroxylation sites is 1. The predicted octanol–water partition coefficient (Wildman–Crippen LogP) is 2.94. The number of nitrogen functional groups attached to an aromatic ring is 1. The summed E-state index contributed by atoms with van der Waals surface area (Å²) in [6.45, 7) is 2.00. The molecular weight excluding hydrogens is 244 g/mol. The second-order valence-corrected chi connectivity index (χ2v) is 5.06. The topological polar surface area (TPSA) is 48.0 Å². The summed E-state index contributed by atoms with van der Waals surface area (Å²) in [5.41, 5.74) is 8.58. The van der Waals surface area contributed by atoms with Crippen molar-refractivity contribution in [2.75, 3.05) is 5.73 Å². The summed E-state index contributed by atoms with van der Waals surface area (Å²) in [5, 5.41) is 2.81. The normalized spacial score (nSPS) is 10.9. The Morgan fingerprint density at radius 2 is 1.94 bits per heavy atom. The van der Waals surface area contributed by atoms with Gasteiger partial charge in [0.15, 0.2) is 0 Å². The van der Waals surface area contributed by atoms with Crippen LogP contribution in [0.2, 0.25) is 0 Å². The van der Waals surface area contributed by atoms with Crippen LogP contribution < -0.4 is 11.3 Å². The predicted molar refractivity (Wildman–Crippen MR) is 76.6 cm³/mol. The second-order valence-electron chi connectivity index (χ2n) is 4.20. The van der Waals surface area contributed by atoms with Gasteiger partial charge in [-0.25, -0.2) is 0 Å². The Morgan fingerprint density at radius 1 is 1.17 bits per heavy atom. The van der Waals surface area contributed by atoms with Crippen LogP contribution in [0.4, 0.5) is 5.69 Å². The zero-order valence-electron chi connectivity index (χ0n) is 9.88. The molecule has 2 heterocycles. The number of aromatic nitrogens is 1. The van der Waals surface area contributed by atoms with E-state index in [2.05, 4.69) is 0 Å². The maximum atomic E-state index is 12.1. The average Bonchev–Trinajstić information content (AvgIpc) is 2.73. The van der Waals surface area contributed by atoms with Gasteiger partial charge in [-0.05, 0) is 24.6 Å². The van der Waals surface area contributed by atoms with Gasteiger partial charge in [-0.15, -0.1) is 11.3 Å². The first kappa shape index (κ1) is 11.0. The van der Waals surface area contributed by atoms with Crippen molar-refractivity contribution >= 4 is 27.2 Å². The minimum Gasteiger partial charge on any atom is -0.398 e. The maximum Gasteiger partial charge on any atom is 0.256 e. The number of thiophene rings is 1. The molecule has 0 atom stereocenters. The van der Waals surface area contributed by atoms with E-state index in [9.17, 15) is 4.79 Å². The fourth-order valence-electron chi connectivity index (χ4n) is 2.08. The molecule has 0 aliphatic carbocycles. The van der Waals surface area contributed by atoms with E-state index < -0.39 is 0 Å².